The Hall–Kier alpha value is -3.79. The summed E-state index contributed by atoms with van der Waals surface area (Å²) < 4.78 is 58.1. The minimum Gasteiger partial charge on any atom is -0.496 e. The van der Waals surface area contributed by atoms with Crippen LogP contribution < -0.4 is 23.8 Å². The molecule has 8 nitrogen and oxygen atoms in total. The maximum atomic E-state index is 13.6. The molecule has 1 heterocycles. The first-order valence-corrected chi connectivity index (χ1v) is 12.3. The van der Waals surface area contributed by atoms with Crippen LogP contribution in [0.25, 0.3) is 0 Å². The molecule has 3 aromatic carbocycles. The molecule has 0 radical (unpaired) electrons. The van der Waals surface area contributed by atoms with Gasteiger partial charge in [-0.2, -0.15) is 0 Å². The van der Waals surface area contributed by atoms with E-state index in [0.29, 0.717) is 30.5 Å². The molecule has 3 aromatic rings. The third kappa shape index (κ3) is 5.32. The zero-order chi connectivity index (χ0) is 25.0. The number of amides is 1. The van der Waals surface area contributed by atoms with E-state index in [4.69, 9.17) is 14.2 Å². The molecule has 10 heteroatoms. The molecule has 1 aliphatic heterocycles. The molecule has 1 aliphatic rings. The van der Waals surface area contributed by atoms with Gasteiger partial charge in [0.1, 0.15) is 31.3 Å². The van der Waals surface area contributed by atoms with Crippen molar-refractivity contribution in [1.29, 1.82) is 0 Å². The number of fused-ring (bicyclic) bond motifs is 1. The number of nitrogens with one attached hydrogen (secondary N) is 1. The third-order valence-electron chi connectivity index (χ3n) is 5.49. The molecule has 1 atom stereocenters. The Labute approximate surface area is 203 Å². The number of benzene rings is 3. The minimum atomic E-state index is -4.22. The number of methoxy groups -OCH3 is 1. The Balaban J connectivity index is 1.63. The summed E-state index contributed by atoms with van der Waals surface area (Å²) in [7, 11) is -2.69. The molecule has 0 saturated carbocycles. The standard InChI is InChI=1S/C25H25FN2O6S/c1-17(21-5-3-4-6-22(21)32-2)27-25(29)16-28(19-9-7-18(26)8-10-19)35(30,31)20-11-12-23-24(15-20)34-14-13-33-23/h3-12,15,17H,13-14,16H2,1-2H3,(H,27,29). The van der Waals surface area contributed by atoms with Gasteiger partial charge in [0, 0.05) is 11.6 Å². The summed E-state index contributed by atoms with van der Waals surface area (Å²) in [5.74, 6) is 0.255. The molecule has 1 unspecified atom stereocenters. The van der Waals surface area contributed by atoms with Crippen LogP contribution in [0.2, 0.25) is 0 Å². The summed E-state index contributed by atoms with van der Waals surface area (Å²) in [6.07, 6.45) is 0. The maximum absolute atomic E-state index is 13.6. The van der Waals surface area contributed by atoms with Crippen molar-refractivity contribution in [2.75, 3.05) is 31.2 Å². The van der Waals surface area contributed by atoms with Crippen molar-refractivity contribution >= 4 is 21.6 Å². The average Bonchev–Trinajstić information content (AvgIpc) is 2.87. The normalized spacial score (nSPS) is 13.6. The summed E-state index contributed by atoms with van der Waals surface area (Å²) in [5.41, 5.74) is 0.882. The van der Waals surface area contributed by atoms with Gasteiger partial charge in [-0.3, -0.25) is 9.10 Å². The predicted molar refractivity (Wildman–Crippen MR) is 128 cm³/mol. The number of anilines is 1. The van der Waals surface area contributed by atoms with Gasteiger partial charge in [-0.05, 0) is 49.4 Å². The largest absolute Gasteiger partial charge is 0.496 e. The van der Waals surface area contributed by atoms with Crippen molar-refractivity contribution in [2.45, 2.75) is 17.9 Å². The van der Waals surface area contributed by atoms with Crippen LogP contribution in [0, 0.1) is 5.82 Å². The lowest BCUT2D eigenvalue weighted by Crippen LogP contribution is -2.41. The van der Waals surface area contributed by atoms with E-state index in [2.05, 4.69) is 5.32 Å². The van der Waals surface area contributed by atoms with Crippen molar-refractivity contribution < 1.29 is 31.8 Å². The highest BCUT2D eigenvalue weighted by Gasteiger charge is 2.29. The molecule has 0 aliphatic carbocycles. The number of halogens is 1. The first-order valence-electron chi connectivity index (χ1n) is 10.9. The number of hydrogen-bond donors (Lipinski definition) is 1. The first-order chi connectivity index (χ1) is 16.8. The van der Waals surface area contributed by atoms with Crippen LogP contribution in [0.1, 0.15) is 18.5 Å². The fraction of sp³-hybridized carbons (Fsp3) is 0.240. The Kier molecular flexibility index (Phi) is 7.11. The van der Waals surface area contributed by atoms with Crippen LogP contribution in [-0.4, -0.2) is 41.2 Å². The third-order valence-corrected chi connectivity index (χ3v) is 7.26. The van der Waals surface area contributed by atoms with Gasteiger partial charge in [-0.25, -0.2) is 12.8 Å². The fourth-order valence-corrected chi connectivity index (χ4v) is 5.19. The van der Waals surface area contributed by atoms with Gasteiger partial charge in [-0.15, -0.1) is 0 Å². The Morgan fingerprint density at radius 2 is 1.74 bits per heavy atom. The van der Waals surface area contributed by atoms with Crippen molar-refractivity contribution in [1.82, 2.24) is 5.32 Å². The lowest BCUT2D eigenvalue weighted by molar-refractivity contribution is -0.120. The highest BCUT2D eigenvalue weighted by atomic mass is 32.2. The van der Waals surface area contributed by atoms with Crippen molar-refractivity contribution in [3.8, 4) is 17.2 Å². The summed E-state index contributed by atoms with van der Waals surface area (Å²) >= 11 is 0. The number of carbonyl (C=O) groups is 1. The van der Waals surface area contributed by atoms with E-state index >= 15 is 0 Å². The van der Waals surface area contributed by atoms with E-state index in [1.165, 1.54) is 37.4 Å². The maximum Gasteiger partial charge on any atom is 0.264 e. The van der Waals surface area contributed by atoms with E-state index < -0.39 is 34.3 Å². The molecule has 184 valence electrons. The van der Waals surface area contributed by atoms with Crippen molar-refractivity contribution in [2.24, 2.45) is 0 Å². The van der Waals surface area contributed by atoms with E-state index in [-0.39, 0.29) is 10.6 Å². The van der Waals surface area contributed by atoms with Crippen LogP contribution in [-0.2, 0) is 14.8 Å². The molecule has 0 aromatic heterocycles. The zero-order valence-electron chi connectivity index (χ0n) is 19.2. The summed E-state index contributed by atoms with van der Waals surface area (Å²) in [5, 5.41) is 2.81. The van der Waals surface area contributed by atoms with E-state index in [9.17, 15) is 17.6 Å². The lowest BCUT2D eigenvalue weighted by atomic mass is 10.1. The van der Waals surface area contributed by atoms with Gasteiger partial charge in [0.05, 0.1) is 23.7 Å². The van der Waals surface area contributed by atoms with E-state index in [1.54, 1.807) is 13.0 Å². The molecular formula is C25H25FN2O6S. The van der Waals surface area contributed by atoms with Gasteiger partial charge in [0.2, 0.25) is 5.91 Å². The second kappa shape index (κ2) is 10.2. The number of rotatable bonds is 8. The second-order valence-corrected chi connectivity index (χ2v) is 9.69. The van der Waals surface area contributed by atoms with Crippen LogP contribution in [0.4, 0.5) is 10.1 Å². The molecule has 35 heavy (non-hydrogen) atoms. The monoisotopic (exact) mass is 500 g/mol. The van der Waals surface area contributed by atoms with Crippen LogP contribution >= 0.6 is 0 Å². The van der Waals surface area contributed by atoms with Crippen LogP contribution in [0.5, 0.6) is 17.2 Å². The lowest BCUT2D eigenvalue weighted by Gasteiger charge is -2.26. The van der Waals surface area contributed by atoms with Gasteiger partial charge in [0.15, 0.2) is 11.5 Å². The van der Waals surface area contributed by atoms with Gasteiger partial charge >= 0.3 is 0 Å². The first kappa shape index (κ1) is 24.3. The molecular weight excluding hydrogens is 475 g/mol. The van der Waals surface area contributed by atoms with Crippen LogP contribution in [0.3, 0.4) is 0 Å². The summed E-state index contributed by atoms with van der Waals surface area (Å²) in [6.45, 7) is 1.90. The highest BCUT2D eigenvalue weighted by molar-refractivity contribution is 7.92. The predicted octanol–water partition coefficient (Wildman–Crippen LogP) is 3.68. The fourth-order valence-electron chi connectivity index (χ4n) is 3.75. The smallest absolute Gasteiger partial charge is 0.264 e. The number of para-hydroxylation sites is 1. The quantitative estimate of drug-likeness (QED) is 0.507. The minimum absolute atomic E-state index is 0.0864. The number of hydrogen-bond acceptors (Lipinski definition) is 6. The van der Waals surface area contributed by atoms with Crippen LogP contribution in [0.15, 0.2) is 71.6 Å². The Bertz CT molecular complexity index is 1310. The number of sulfonamides is 1. The topological polar surface area (TPSA) is 94.2 Å². The molecule has 4 rings (SSSR count). The molecule has 0 fully saturated rings. The van der Waals surface area contributed by atoms with E-state index in [0.717, 1.165) is 22.0 Å². The molecule has 0 spiro atoms. The Morgan fingerprint density at radius 3 is 2.46 bits per heavy atom. The van der Waals surface area contributed by atoms with Gasteiger partial charge in [-0.1, -0.05) is 18.2 Å². The second-order valence-electron chi connectivity index (χ2n) is 7.82. The number of nitrogens with zero attached hydrogens (tertiary/aromatic N) is 1. The van der Waals surface area contributed by atoms with Gasteiger partial charge < -0.3 is 19.5 Å². The molecule has 1 N–H and O–H groups in total. The summed E-state index contributed by atoms with van der Waals surface area (Å²) in [6, 6.07) is 15.9. The summed E-state index contributed by atoms with van der Waals surface area (Å²) in [4.78, 5) is 12.9. The SMILES string of the molecule is COc1ccccc1C(C)NC(=O)CN(c1ccc(F)cc1)S(=O)(=O)c1ccc2c(c1)OCCO2. The van der Waals surface area contributed by atoms with Crippen molar-refractivity contribution in [3.63, 3.8) is 0 Å². The molecule has 0 saturated heterocycles. The zero-order valence-corrected chi connectivity index (χ0v) is 20.0. The molecule has 0 bridgehead atoms. The average molecular weight is 501 g/mol. The molecule has 1 amide bonds. The van der Waals surface area contributed by atoms with Crippen molar-refractivity contribution in [3.05, 3.63) is 78.1 Å². The highest BCUT2D eigenvalue weighted by Crippen LogP contribution is 2.34. The Morgan fingerprint density at radius 1 is 1.06 bits per heavy atom. The number of ether oxygens (including phenoxy) is 3. The number of carbonyl (C=O) groups excluding carboxylic acids is 1. The van der Waals surface area contributed by atoms with Gasteiger partial charge in [0.25, 0.3) is 10.0 Å². The van der Waals surface area contributed by atoms with E-state index in [1.807, 2.05) is 18.2 Å².